The molecule has 5 heteroatoms. The summed E-state index contributed by atoms with van der Waals surface area (Å²) in [6.07, 6.45) is 5.25. The number of thiophene rings is 1. The molecule has 1 saturated carbocycles. The van der Waals surface area contributed by atoms with E-state index in [1.165, 1.54) is 28.7 Å². The predicted octanol–water partition coefficient (Wildman–Crippen LogP) is 4.13. The molecule has 0 amide bonds. The first-order chi connectivity index (χ1) is 9.16. The maximum absolute atomic E-state index is 6.33. The molecule has 2 unspecified atom stereocenters. The van der Waals surface area contributed by atoms with Crippen molar-refractivity contribution in [3.05, 3.63) is 16.8 Å². The third kappa shape index (κ3) is 2.43. The van der Waals surface area contributed by atoms with Crippen LogP contribution in [0.1, 0.15) is 29.7 Å². The summed E-state index contributed by atoms with van der Waals surface area (Å²) in [5.41, 5.74) is 1.29. The van der Waals surface area contributed by atoms with Crippen LogP contribution in [0.3, 0.4) is 0 Å². The Labute approximate surface area is 122 Å². The Kier molecular flexibility index (Phi) is 3.63. The van der Waals surface area contributed by atoms with E-state index in [1.807, 2.05) is 0 Å². The lowest BCUT2D eigenvalue weighted by atomic mass is 10.1. The molecule has 1 aliphatic rings. The Balaban J connectivity index is 1.84. The van der Waals surface area contributed by atoms with Gasteiger partial charge in [0.05, 0.1) is 5.39 Å². The summed E-state index contributed by atoms with van der Waals surface area (Å²) in [5.74, 6) is 1.52. The molecule has 0 aromatic carbocycles. The van der Waals surface area contributed by atoms with Crippen LogP contribution >= 0.6 is 22.9 Å². The van der Waals surface area contributed by atoms with Gasteiger partial charge in [0.2, 0.25) is 0 Å². The van der Waals surface area contributed by atoms with Crippen LogP contribution in [-0.2, 0) is 0 Å². The number of halogens is 1. The zero-order chi connectivity index (χ0) is 13.4. The molecule has 2 heterocycles. The number of hydrogen-bond acceptors (Lipinski definition) is 4. The van der Waals surface area contributed by atoms with E-state index in [-0.39, 0.29) is 0 Å². The van der Waals surface area contributed by atoms with Crippen LogP contribution in [0.25, 0.3) is 10.2 Å². The SMILES string of the molecule is Cc1sc2ncnc(NCC3CCCC3Cl)c2c1C. The van der Waals surface area contributed by atoms with Crippen molar-refractivity contribution in [2.24, 2.45) is 5.92 Å². The molecule has 0 aliphatic heterocycles. The van der Waals surface area contributed by atoms with Gasteiger partial charge in [0.1, 0.15) is 17.0 Å². The second kappa shape index (κ2) is 5.25. The van der Waals surface area contributed by atoms with Crippen molar-refractivity contribution in [1.82, 2.24) is 9.97 Å². The molecule has 1 aliphatic carbocycles. The summed E-state index contributed by atoms with van der Waals surface area (Å²) in [7, 11) is 0. The third-order valence-electron chi connectivity index (χ3n) is 4.06. The molecule has 0 bridgehead atoms. The normalized spacial score (nSPS) is 23.1. The van der Waals surface area contributed by atoms with Gasteiger partial charge in [0.25, 0.3) is 0 Å². The first-order valence-corrected chi connectivity index (χ1v) is 8.00. The number of nitrogens with zero attached hydrogens (tertiary/aromatic N) is 2. The second-order valence-corrected chi connectivity index (χ2v) is 7.04. The van der Waals surface area contributed by atoms with Crippen molar-refractivity contribution < 1.29 is 0 Å². The lowest BCUT2D eigenvalue weighted by Crippen LogP contribution is -2.19. The number of anilines is 1. The summed E-state index contributed by atoms with van der Waals surface area (Å²) in [6.45, 7) is 5.19. The van der Waals surface area contributed by atoms with Crippen LogP contribution in [0.2, 0.25) is 0 Å². The molecular formula is C14H18ClN3S. The lowest BCUT2D eigenvalue weighted by Gasteiger charge is -2.15. The van der Waals surface area contributed by atoms with Gasteiger partial charge in [-0.2, -0.15) is 0 Å². The van der Waals surface area contributed by atoms with E-state index in [2.05, 4.69) is 29.1 Å². The van der Waals surface area contributed by atoms with Crippen molar-refractivity contribution in [2.45, 2.75) is 38.5 Å². The monoisotopic (exact) mass is 295 g/mol. The quantitative estimate of drug-likeness (QED) is 0.865. The van der Waals surface area contributed by atoms with Gasteiger partial charge < -0.3 is 5.32 Å². The van der Waals surface area contributed by atoms with E-state index in [4.69, 9.17) is 11.6 Å². The maximum atomic E-state index is 6.33. The number of aromatic nitrogens is 2. The fourth-order valence-electron chi connectivity index (χ4n) is 2.77. The lowest BCUT2D eigenvalue weighted by molar-refractivity contribution is 0.585. The van der Waals surface area contributed by atoms with E-state index in [9.17, 15) is 0 Å². The number of fused-ring (bicyclic) bond motifs is 1. The molecule has 0 spiro atoms. The highest BCUT2D eigenvalue weighted by Crippen LogP contribution is 2.34. The molecule has 3 nitrogen and oxygen atoms in total. The van der Waals surface area contributed by atoms with Gasteiger partial charge in [0, 0.05) is 16.8 Å². The summed E-state index contributed by atoms with van der Waals surface area (Å²) in [5, 5.41) is 4.98. The Morgan fingerprint density at radius 1 is 1.37 bits per heavy atom. The van der Waals surface area contributed by atoms with Gasteiger partial charge in [-0.3, -0.25) is 0 Å². The minimum Gasteiger partial charge on any atom is -0.369 e. The van der Waals surface area contributed by atoms with Crippen LogP contribution < -0.4 is 5.32 Å². The Bertz CT molecular complexity index is 596. The first kappa shape index (κ1) is 13.1. The van der Waals surface area contributed by atoms with E-state index in [1.54, 1.807) is 17.7 Å². The number of alkyl halides is 1. The van der Waals surface area contributed by atoms with Gasteiger partial charge in [-0.05, 0) is 38.2 Å². The molecule has 0 saturated heterocycles. The van der Waals surface area contributed by atoms with Crippen LogP contribution in [0.15, 0.2) is 6.33 Å². The smallest absolute Gasteiger partial charge is 0.138 e. The van der Waals surface area contributed by atoms with Gasteiger partial charge in [0.15, 0.2) is 0 Å². The van der Waals surface area contributed by atoms with Crippen molar-refractivity contribution in [3.63, 3.8) is 0 Å². The topological polar surface area (TPSA) is 37.8 Å². The molecule has 102 valence electrons. The third-order valence-corrected chi connectivity index (χ3v) is 5.75. The van der Waals surface area contributed by atoms with Crippen LogP contribution in [-0.4, -0.2) is 21.9 Å². The fraction of sp³-hybridized carbons (Fsp3) is 0.571. The molecule has 3 rings (SSSR count). The van der Waals surface area contributed by atoms with E-state index < -0.39 is 0 Å². The molecule has 1 fully saturated rings. The average Bonchev–Trinajstić information content (AvgIpc) is 2.92. The van der Waals surface area contributed by atoms with E-state index in [0.717, 1.165) is 23.6 Å². The summed E-state index contributed by atoms with van der Waals surface area (Å²) >= 11 is 8.06. The zero-order valence-electron chi connectivity index (χ0n) is 11.2. The molecule has 2 aromatic rings. The van der Waals surface area contributed by atoms with E-state index in [0.29, 0.717) is 11.3 Å². The number of rotatable bonds is 3. The standard InChI is InChI=1S/C14H18ClN3S/c1-8-9(2)19-14-12(8)13(17-7-18-14)16-6-10-4-3-5-11(10)15/h7,10-11H,3-6H2,1-2H3,(H,16,17,18). The average molecular weight is 296 g/mol. The molecule has 2 aromatic heterocycles. The highest BCUT2D eigenvalue weighted by atomic mass is 35.5. The van der Waals surface area contributed by atoms with Crippen molar-refractivity contribution >= 4 is 39.0 Å². The number of aryl methyl sites for hydroxylation is 2. The largest absolute Gasteiger partial charge is 0.369 e. The summed E-state index contributed by atoms with van der Waals surface area (Å²) in [6, 6.07) is 0. The van der Waals surface area contributed by atoms with Crippen molar-refractivity contribution in [1.29, 1.82) is 0 Å². The van der Waals surface area contributed by atoms with Crippen LogP contribution in [0.5, 0.6) is 0 Å². The van der Waals surface area contributed by atoms with Crippen LogP contribution in [0, 0.1) is 19.8 Å². The zero-order valence-corrected chi connectivity index (χ0v) is 12.8. The van der Waals surface area contributed by atoms with Gasteiger partial charge in [-0.1, -0.05) is 6.42 Å². The number of hydrogen-bond donors (Lipinski definition) is 1. The molecule has 1 N–H and O–H groups in total. The van der Waals surface area contributed by atoms with Crippen LogP contribution in [0.4, 0.5) is 5.82 Å². The molecule has 19 heavy (non-hydrogen) atoms. The minimum atomic E-state index is 0.315. The predicted molar refractivity (Wildman–Crippen MR) is 82.4 cm³/mol. The second-order valence-electron chi connectivity index (χ2n) is 5.27. The van der Waals surface area contributed by atoms with Crippen molar-refractivity contribution in [3.8, 4) is 0 Å². The van der Waals surface area contributed by atoms with Crippen molar-refractivity contribution in [2.75, 3.05) is 11.9 Å². The highest BCUT2D eigenvalue weighted by Gasteiger charge is 2.25. The van der Waals surface area contributed by atoms with Gasteiger partial charge in [-0.15, -0.1) is 22.9 Å². The number of nitrogens with one attached hydrogen (secondary N) is 1. The first-order valence-electron chi connectivity index (χ1n) is 6.75. The Morgan fingerprint density at radius 3 is 2.95 bits per heavy atom. The Hall–Kier alpha value is -0.870. The molecular weight excluding hydrogens is 278 g/mol. The van der Waals surface area contributed by atoms with Gasteiger partial charge >= 0.3 is 0 Å². The molecule has 0 radical (unpaired) electrons. The highest BCUT2D eigenvalue weighted by molar-refractivity contribution is 7.18. The van der Waals surface area contributed by atoms with Gasteiger partial charge in [-0.25, -0.2) is 9.97 Å². The maximum Gasteiger partial charge on any atom is 0.138 e. The summed E-state index contributed by atoms with van der Waals surface area (Å²) < 4.78 is 0. The molecule has 2 atom stereocenters. The van der Waals surface area contributed by atoms with E-state index >= 15 is 0 Å². The fourth-order valence-corrected chi connectivity index (χ4v) is 4.13. The Morgan fingerprint density at radius 2 is 2.21 bits per heavy atom. The summed E-state index contributed by atoms with van der Waals surface area (Å²) in [4.78, 5) is 11.2. The minimum absolute atomic E-state index is 0.315.